The Kier molecular flexibility index (Phi) is 3.35. The lowest BCUT2D eigenvalue weighted by molar-refractivity contribution is -0.110. The van der Waals surface area contributed by atoms with E-state index in [0.717, 1.165) is 39.5 Å². The van der Waals surface area contributed by atoms with Crippen LogP contribution in [0.15, 0.2) is 48.5 Å². The number of nitrogens with one attached hydrogen (secondary N) is 2. The quantitative estimate of drug-likeness (QED) is 0.426. The number of amides is 1. The molecule has 0 radical (unpaired) electrons. The van der Waals surface area contributed by atoms with Gasteiger partial charge in [-0.3, -0.25) is 4.79 Å². The van der Waals surface area contributed by atoms with Crippen molar-refractivity contribution in [3.8, 4) is 11.1 Å². The number of carbonyl (C=O) groups excluding carboxylic acids is 1. The highest BCUT2D eigenvalue weighted by atomic mass is 16.2. The molecule has 0 saturated carbocycles. The highest BCUT2D eigenvalue weighted by Crippen LogP contribution is 2.36. The van der Waals surface area contributed by atoms with E-state index in [1.807, 2.05) is 49.4 Å². The van der Waals surface area contributed by atoms with Gasteiger partial charge in [-0.1, -0.05) is 12.1 Å². The van der Waals surface area contributed by atoms with Crippen molar-refractivity contribution in [2.24, 2.45) is 0 Å². The van der Waals surface area contributed by atoms with Crippen molar-refractivity contribution in [1.29, 1.82) is 0 Å². The fraction of sp³-hybridized carbons (Fsp3) is 0.0500. The van der Waals surface area contributed by atoms with E-state index < -0.39 is 0 Å². The summed E-state index contributed by atoms with van der Waals surface area (Å²) in [5, 5.41) is 2.88. The zero-order valence-corrected chi connectivity index (χ0v) is 13.8. The standard InChI is InChI=1S/C20H18N4O/c1-11-8-15(12-2-4-13(21)5-3-12)19(23-11)10-17-16-9-14(22)6-7-18(16)24-20(17)25/h2-10,23H,21-22H2,1H3,(H,24,25)/b17-10-. The SMILES string of the molecule is Cc1cc(-c2ccc(N)cc2)c(/C=C2\C(=O)Nc3ccc(N)cc32)[nH]1. The summed E-state index contributed by atoms with van der Waals surface area (Å²) in [5.41, 5.74) is 19.2. The van der Waals surface area contributed by atoms with Crippen molar-refractivity contribution in [3.63, 3.8) is 0 Å². The molecule has 4 rings (SSSR count). The number of carbonyl (C=O) groups is 1. The van der Waals surface area contributed by atoms with E-state index in [1.54, 1.807) is 6.07 Å². The van der Waals surface area contributed by atoms with Gasteiger partial charge in [-0.2, -0.15) is 0 Å². The first kappa shape index (κ1) is 15.1. The van der Waals surface area contributed by atoms with Crippen LogP contribution in [0.25, 0.3) is 22.8 Å². The number of hydrogen-bond acceptors (Lipinski definition) is 3. The molecule has 124 valence electrons. The molecule has 0 saturated heterocycles. The molecule has 0 atom stereocenters. The van der Waals surface area contributed by atoms with Gasteiger partial charge in [0.1, 0.15) is 0 Å². The fourth-order valence-corrected chi connectivity index (χ4v) is 3.12. The second-order valence-electron chi connectivity index (χ2n) is 6.22. The van der Waals surface area contributed by atoms with Gasteiger partial charge in [0.15, 0.2) is 0 Å². The van der Waals surface area contributed by atoms with Crippen LogP contribution in [0.3, 0.4) is 0 Å². The monoisotopic (exact) mass is 330 g/mol. The second kappa shape index (κ2) is 5.56. The van der Waals surface area contributed by atoms with Crippen LogP contribution in [0.2, 0.25) is 0 Å². The van der Waals surface area contributed by atoms with Crippen LogP contribution in [0, 0.1) is 6.92 Å². The smallest absolute Gasteiger partial charge is 0.256 e. The molecule has 5 nitrogen and oxygen atoms in total. The largest absolute Gasteiger partial charge is 0.399 e. The van der Waals surface area contributed by atoms with Gasteiger partial charge >= 0.3 is 0 Å². The first-order valence-corrected chi connectivity index (χ1v) is 8.00. The van der Waals surface area contributed by atoms with Crippen LogP contribution in [0.1, 0.15) is 17.0 Å². The summed E-state index contributed by atoms with van der Waals surface area (Å²) in [7, 11) is 0. The van der Waals surface area contributed by atoms with Gasteiger partial charge in [0.05, 0.1) is 5.57 Å². The zero-order valence-electron chi connectivity index (χ0n) is 13.8. The fourth-order valence-electron chi connectivity index (χ4n) is 3.12. The molecule has 25 heavy (non-hydrogen) atoms. The molecule has 0 spiro atoms. The maximum atomic E-state index is 12.4. The van der Waals surface area contributed by atoms with Gasteiger partial charge in [-0.05, 0) is 55.0 Å². The molecule has 5 heteroatoms. The van der Waals surface area contributed by atoms with E-state index >= 15 is 0 Å². The van der Waals surface area contributed by atoms with Gasteiger partial charge in [0.2, 0.25) is 0 Å². The molecule has 1 aromatic heterocycles. The first-order chi connectivity index (χ1) is 12.0. The van der Waals surface area contributed by atoms with Crippen molar-refractivity contribution in [2.75, 3.05) is 16.8 Å². The molecule has 0 fully saturated rings. The predicted molar refractivity (Wildman–Crippen MR) is 103 cm³/mol. The number of H-pyrrole nitrogens is 1. The van der Waals surface area contributed by atoms with Gasteiger partial charge in [-0.15, -0.1) is 0 Å². The Morgan fingerprint density at radius 2 is 1.64 bits per heavy atom. The van der Waals surface area contributed by atoms with Gasteiger partial charge in [0.25, 0.3) is 5.91 Å². The lowest BCUT2D eigenvalue weighted by Gasteiger charge is -2.03. The van der Waals surface area contributed by atoms with Crippen molar-refractivity contribution in [3.05, 3.63) is 65.5 Å². The molecular formula is C20H18N4O. The minimum atomic E-state index is -0.129. The Morgan fingerprint density at radius 3 is 2.40 bits per heavy atom. The molecule has 0 unspecified atom stereocenters. The summed E-state index contributed by atoms with van der Waals surface area (Å²) in [6.07, 6.45) is 1.87. The molecular weight excluding hydrogens is 312 g/mol. The van der Waals surface area contributed by atoms with Crippen LogP contribution in [0.5, 0.6) is 0 Å². The van der Waals surface area contributed by atoms with Crippen molar-refractivity contribution in [2.45, 2.75) is 6.92 Å². The number of aromatic nitrogens is 1. The van der Waals surface area contributed by atoms with Crippen molar-refractivity contribution in [1.82, 2.24) is 4.98 Å². The molecule has 6 N–H and O–H groups in total. The van der Waals surface area contributed by atoms with Crippen LogP contribution in [-0.4, -0.2) is 10.9 Å². The summed E-state index contributed by atoms with van der Waals surface area (Å²) in [5.74, 6) is -0.129. The van der Waals surface area contributed by atoms with Crippen LogP contribution >= 0.6 is 0 Å². The minimum absolute atomic E-state index is 0.129. The normalized spacial score (nSPS) is 14.6. The van der Waals surface area contributed by atoms with E-state index in [4.69, 9.17) is 11.5 Å². The van der Waals surface area contributed by atoms with Crippen LogP contribution in [-0.2, 0) is 4.79 Å². The number of anilines is 3. The van der Waals surface area contributed by atoms with E-state index in [1.165, 1.54) is 0 Å². The van der Waals surface area contributed by atoms with E-state index in [-0.39, 0.29) is 5.91 Å². The second-order valence-corrected chi connectivity index (χ2v) is 6.22. The summed E-state index contributed by atoms with van der Waals surface area (Å²) >= 11 is 0. The Balaban J connectivity index is 1.84. The lowest BCUT2D eigenvalue weighted by atomic mass is 10.0. The number of nitrogen functional groups attached to an aromatic ring is 2. The predicted octanol–water partition coefficient (Wildman–Crippen LogP) is 3.65. The number of aromatic amines is 1. The third kappa shape index (κ3) is 2.65. The Labute approximate surface area is 145 Å². The molecule has 0 aliphatic carbocycles. The summed E-state index contributed by atoms with van der Waals surface area (Å²) in [6.45, 7) is 1.99. The van der Waals surface area contributed by atoms with Gasteiger partial charge in [-0.25, -0.2) is 0 Å². The van der Waals surface area contributed by atoms with Gasteiger partial charge < -0.3 is 21.8 Å². The third-order valence-corrected chi connectivity index (χ3v) is 4.32. The van der Waals surface area contributed by atoms with E-state index in [9.17, 15) is 4.79 Å². The lowest BCUT2D eigenvalue weighted by Crippen LogP contribution is -2.03. The molecule has 1 amide bonds. The van der Waals surface area contributed by atoms with E-state index in [0.29, 0.717) is 11.3 Å². The highest BCUT2D eigenvalue weighted by Gasteiger charge is 2.24. The number of fused-ring (bicyclic) bond motifs is 1. The van der Waals surface area contributed by atoms with Crippen molar-refractivity contribution >= 4 is 34.6 Å². The average Bonchev–Trinajstić information content (AvgIpc) is 3.09. The average molecular weight is 330 g/mol. The summed E-state index contributed by atoms with van der Waals surface area (Å²) in [4.78, 5) is 15.7. The first-order valence-electron chi connectivity index (χ1n) is 8.00. The Bertz CT molecular complexity index is 1010. The maximum absolute atomic E-state index is 12.4. The summed E-state index contributed by atoms with van der Waals surface area (Å²) in [6, 6.07) is 15.2. The molecule has 3 aromatic rings. The Hall–Kier alpha value is -3.47. The highest BCUT2D eigenvalue weighted by molar-refractivity contribution is 6.35. The number of rotatable bonds is 2. The zero-order chi connectivity index (χ0) is 17.6. The van der Waals surface area contributed by atoms with Gasteiger partial charge in [0, 0.05) is 39.6 Å². The maximum Gasteiger partial charge on any atom is 0.256 e. The minimum Gasteiger partial charge on any atom is -0.399 e. The molecule has 2 aromatic carbocycles. The molecule has 2 heterocycles. The molecule has 1 aliphatic rings. The third-order valence-electron chi connectivity index (χ3n) is 4.32. The van der Waals surface area contributed by atoms with Crippen molar-refractivity contribution < 1.29 is 4.79 Å². The van der Waals surface area contributed by atoms with Crippen LogP contribution in [0.4, 0.5) is 17.1 Å². The topological polar surface area (TPSA) is 96.9 Å². The number of nitrogens with two attached hydrogens (primary N) is 2. The number of hydrogen-bond donors (Lipinski definition) is 4. The molecule has 1 aliphatic heterocycles. The number of aryl methyl sites for hydroxylation is 1. The van der Waals surface area contributed by atoms with Crippen LogP contribution < -0.4 is 16.8 Å². The van der Waals surface area contributed by atoms with E-state index in [2.05, 4.69) is 16.4 Å². The Morgan fingerprint density at radius 1 is 0.920 bits per heavy atom. The summed E-state index contributed by atoms with van der Waals surface area (Å²) < 4.78 is 0. The molecule has 0 bridgehead atoms. The number of benzene rings is 2.